The van der Waals surface area contributed by atoms with E-state index in [1.54, 1.807) is 12.1 Å². The lowest BCUT2D eigenvalue weighted by Crippen LogP contribution is -2.47. The number of fused-ring (bicyclic) bond motifs is 1. The third-order valence-electron chi connectivity index (χ3n) is 4.60. The van der Waals surface area contributed by atoms with Crippen LogP contribution in [0.15, 0.2) is 48.5 Å². The summed E-state index contributed by atoms with van der Waals surface area (Å²) in [6.45, 7) is 5.01. The van der Waals surface area contributed by atoms with Gasteiger partial charge in [0.25, 0.3) is 0 Å². The van der Waals surface area contributed by atoms with Crippen LogP contribution in [0, 0.1) is 17.2 Å². The molecule has 1 unspecified atom stereocenters. The van der Waals surface area contributed by atoms with Crippen molar-refractivity contribution in [3.8, 4) is 11.8 Å². The molecular weight excluding hydrogens is 326 g/mol. The van der Waals surface area contributed by atoms with Gasteiger partial charge in [-0.05, 0) is 35.7 Å². The van der Waals surface area contributed by atoms with Crippen molar-refractivity contribution in [1.82, 2.24) is 0 Å². The van der Waals surface area contributed by atoms with Crippen LogP contribution in [0.2, 0.25) is 0 Å². The molecule has 0 aromatic heterocycles. The van der Waals surface area contributed by atoms with E-state index in [9.17, 15) is 4.79 Å². The molecule has 0 radical (unpaired) electrons. The highest BCUT2D eigenvalue weighted by atomic mass is 16.5. The molecule has 2 aromatic rings. The largest absolute Gasteiger partial charge is 0.479 e. The summed E-state index contributed by atoms with van der Waals surface area (Å²) in [4.78, 5) is 14.9. The summed E-state index contributed by atoms with van der Waals surface area (Å²) in [7, 11) is 0. The van der Waals surface area contributed by atoms with E-state index < -0.39 is 0 Å². The molecule has 3 rings (SSSR count). The number of hydrogen-bond acceptors (Lipinski definition) is 4. The van der Waals surface area contributed by atoms with Gasteiger partial charge < -0.3 is 15.0 Å². The highest BCUT2D eigenvalue weighted by molar-refractivity contribution is 5.98. The number of nitrogens with zero attached hydrogens (tertiary/aromatic N) is 2. The van der Waals surface area contributed by atoms with Crippen LogP contribution in [0.4, 0.5) is 11.4 Å². The Morgan fingerprint density at radius 2 is 2.00 bits per heavy atom. The Balaban J connectivity index is 1.75. The molecule has 1 atom stereocenters. The first-order chi connectivity index (χ1) is 12.6. The minimum absolute atomic E-state index is 0.0203. The van der Waals surface area contributed by atoms with Gasteiger partial charge in [-0.15, -0.1) is 0 Å². The number of carbonyl (C=O) groups excluding carboxylic acids is 1. The van der Waals surface area contributed by atoms with Crippen molar-refractivity contribution in [2.75, 3.05) is 23.4 Å². The number of benzene rings is 2. The fourth-order valence-electron chi connectivity index (χ4n) is 3.07. The number of amides is 1. The molecule has 0 bridgehead atoms. The molecular formula is C21H23N3O2. The van der Waals surface area contributed by atoms with Gasteiger partial charge in [0.15, 0.2) is 6.61 Å². The summed E-state index contributed by atoms with van der Waals surface area (Å²) in [5, 5.41) is 12.1. The zero-order valence-corrected chi connectivity index (χ0v) is 15.1. The second kappa shape index (κ2) is 7.92. The molecule has 0 saturated carbocycles. The summed E-state index contributed by atoms with van der Waals surface area (Å²) in [6, 6.07) is 17.4. The number of ether oxygens (including phenoxy) is 1. The first-order valence-corrected chi connectivity index (χ1v) is 8.83. The number of carbonyl (C=O) groups is 1. The third-order valence-corrected chi connectivity index (χ3v) is 4.60. The molecule has 5 heteroatoms. The maximum absolute atomic E-state index is 13.0. The minimum Gasteiger partial charge on any atom is -0.479 e. The van der Waals surface area contributed by atoms with E-state index in [4.69, 9.17) is 10.00 Å². The molecule has 0 saturated heterocycles. The number of hydrogen-bond donors (Lipinski definition) is 1. The fraction of sp³-hybridized carbons (Fsp3) is 0.333. The molecule has 2 aromatic carbocycles. The van der Waals surface area contributed by atoms with Gasteiger partial charge in [0.2, 0.25) is 5.91 Å². The number of rotatable bonds is 5. The van der Waals surface area contributed by atoms with Crippen molar-refractivity contribution in [2.24, 2.45) is 5.92 Å². The van der Waals surface area contributed by atoms with Crippen molar-refractivity contribution in [2.45, 2.75) is 26.3 Å². The van der Waals surface area contributed by atoms with Gasteiger partial charge in [-0.3, -0.25) is 4.79 Å². The molecule has 0 aliphatic carbocycles. The summed E-state index contributed by atoms with van der Waals surface area (Å²) in [6.07, 6.45) is 0.331. The van der Waals surface area contributed by atoms with Gasteiger partial charge in [0.1, 0.15) is 11.8 Å². The third kappa shape index (κ3) is 3.97. The minimum atomic E-state index is 0.0203. The van der Waals surface area contributed by atoms with Crippen molar-refractivity contribution in [1.29, 1.82) is 5.26 Å². The van der Waals surface area contributed by atoms with Crippen LogP contribution >= 0.6 is 0 Å². The average molecular weight is 349 g/mol. The van der Waals surface area contributed by atoms with Crippen LogP contribution in [-0.2, 0) is 11.2 Å². The molecule has 26 heavy (non-hydrogen) atoms. The number of anilines is 2. The lowest BCUT2D eigenvalue weighted by Gasteiger charge is -2.37. The second-order valence-corrected chi connectivity index (χ2v) is 6.78. The standard InChI is InChI=1S/C21H23N3O2/c1-15(2)19-14-24(20-6-4-3-5-18(20)23-19)21(25)13-16-7-9-17(10-8-16)26-12-11-22/h3-10,15,19,23H,12-14H2,1-2H3. The Bertz CT molecular complexity index is 809. The summed E-state index contributed by atoms with van der Waals surface area (Å²) in [5.74, 6) is 1.14. The number of nitriles is 1. The molecule has 0 spiro atoms. The predicted molar refractivity (Wildman–Crippen MR) is 102 cm³/mol. The van der Waals surface area contributed by atoms with E-state index in [0.29, 0.717) is 24.6 Å². The van der Waals surface area contributed by atoms with Crippen molar-refractivity contribution >= 4 is 17.3 Å². The van der Waals surface area contributed by atoms with E-state index in [0.717, 1.165) is 16.9 Å². The highest BCUT2D eigenvalue weighted by Gasteiger charge is 2.29. The van der Waals surface area contributed by atoms with Gasteiger partial charge in [0, 0.05) is 12.6 Å². The Labute approximate surface area is 154 Å². The highest BCUT2D eigenvalue weighted by Crippen LogP contribution is 2.32. The first-order valence-electron chi connectivity index (χ1n) is 8.83. The van der Waals surface area contributed by atoms with E-state index in [2.05, 4.69) is 19.2 Å². The number of para-hydroxylation sites is 2. The Morgan fingerprint density at radius 1 is 1.27 bits per heavy atom. The van der Waals surface area contributed by atoms with Crippen LogP contribution in [-0.4, -0.2) is 25.1 Å². The summed E-state index contributed by atoms with van der Waals surface area (Å²) < 4.78 is 5.25. The SMILES string of the molecule is CC(C)C1CN(C(=O)Cc2ccc(OCC#N)cc2)c2ccccc2N1. The topological polar surface area (TPSA) is 65.4 Å². The van der Waals surface area contributed by atoms with Gasteiger partial charge in [-0.1, -0.05) is 38.1 Å². The average Bonchev–Trinajstić information content (AvgIpc) is 2.66. The molecule has 1 heterocycles. The monoisotopic (exact) mass is 349 g/mol. The second-order valence-electron chi connectivity index (χ2n) is 6.78. The van der Waals surface area contributed by atoms with Gasteiger partial charge in [0.05, 0.1) is 17.8 Å². The van der Waals surface area contributed by atoms with E-state index in [-0.39, 0.29) is 18.6 Å². The molecule has 1 N–H and O–H groups in total. The maximum Gasteiger partial charge on any atom is 0.231 e. The summed E-state index contributed by atoms with van der Waals surface area (Å²) >= 11 is 0. The zero-order valence-electron chi connectivity index (χ0n) is 15.1. The van der Waals surface area contributed by atoms with Crippen LogP contribution in [0.5, 0.6) is 5.75 Å². The maximum atomic E-state index is 13.0. The Kier molecular flexibility index (Phi) is 5.43. The molecule has 0 fully saturated rings. The van der Waals surface area contributed by atoms with Crippen molar-refractivity contribution in [3.63, 3.8) is 0 Å². The van der Waals surface area contributed by atoms with Crippen molar-refractivity contribution < 1.29 is 9.53 Å². The Morgan fingerprint density at radius 3 is 2.69 bits per heavy atom. The van der Waals surface area contributed by atoms with Gasteiger partial charge >= 0.3 is 0 Å². The fourth-order valence-corrected chi connectivity index (χ4v) is 3.07. The summed E-state index contributed by atoms with van der Waals surface area (Å²) in [5.41, 5.74) is 2.87. The van der Waals surface area contributed by atoms with Crippen LogP contribution in [0.3, 0.4) is 0 Å². The van der Waals surface area contributed by atoms with Gasteiger partial charge in [-0.2, -0.15) is 5.26 Å². The molecule has 1 aliphatic rings. The van der Waals surface area contributed by atoms with Crippen LogP contribution in [0.1, 0.15) is 19.4 Å². The van der Waals surface area contributed by atoms with E-state index in [1.807, 2.05) is 47.4 Å². The van der Waals surface area contributed by atoms with E-state index >= 15 is 0 Å². The van der Waals surface area contributed by atoms with Crippen LogP contribution in [0.25, 0.3) is 0 Å². The Hall–Kier alpha value is -3.00. The molecule has 5 nitrogen and oxygen atoms in total. The van der Waals surface area contributed by atoms with E-state index in [1.165, 1.54) is 0 Å². The number of nitrogens with one attached hydrogen (secondary N) is 1. The lowest BCUT2D eigenvalue weighted by molar-refractivity contribution is -0.118. The quantitative estimate of drug-likeness (QED) is 0.895. The first kappa shape index (κ1) is 17.8. The molecule has 1 aliphatic heterocycles. The lowest BCUT2D eigenvalue weighted by atomic mass is 9.99. The predicted octanol–water partition coefficient (Wildman–Crippen LogP) is 3.61. The van der Waals surface area contributed by atoms with Crippen molar-refractivity contribution in [3.05, 3.63) is 54.1 Å². The van der Waals surface area contributed by atoms with Gasteiger partial charge in [-0.25, -0.2) is 0 Å². The smallest absolute Gasteiger partial charge is 0.231 e. The normalized spacial score (nSPS) is 15.8. The van der Waals surface area contributed by atoms with Crippen LogP contribution < -0.4 is 15.0 Å². The molecule has 1 amide bonds. The zero-order chi connectivity index (χ0) is 18.5. The molecule has 134 valence electrons.